The van der Waals surface area contributed by atoms with Gasteiger partial charge in [0.05, 0.1) is 0 Å². The summed E-state index contributed by atoms with van der Waals surface area (Å²) in [5.41, 5.74) is 10.8. The average molecular weight is 229 g/mol. The van der Waals surface area contributed by atoms with Crippen LogP contribution in [0.5, 0.6) is 0 Å². The van der Waals surface area contributed by atoms with Gasteiger partial charge in [-0.05, 0) is 31.7 Å². The molecule has 0 aliphatic rings. The summed E-state index contributed by atoms with van der Waals surface area (Å²) in [6, 6.07) is 8.66. The number of aromatic amines is 1. The largest absolute Gasteiger partial charge is 0.382 e. The fraction of sp³-hybridized carbons (Fsp3) is 0.357. The van der Waals surface area contributed by atoms with Crippen LogP contribution in [0.1, 0.15) is 29.3 Å². The number of benzene rings is 1. The normalized spacial score (nSPS) is 10.7. The van der Waals surface area contributed by atoms with E-state index in [9.17, 15) is 0 Å². The van der Waals surface area contributed by atoms with Gasteiger partial charge in [-0.2, -0.15) is 5.10 Å². The smallest absolute Gasteiger partial charge is 0.148 e. The fourth-order valence-corrected chi connectivity index (χ4v) is 2.04. The van der Waals surface area contributed by atoms with E-state index in [0.29, 0.717) is 5.82 Å². The SMILES string of the molecule is CCc1c(N)n[nH]c1CCc1ccc(C)cc1. The monoisotopic (exact) mass is 229 g/mol. The highest BCUT2D eigenvalue weighted by Gasteiger charge is 2.08. The van der Waals surface area contributed by atoms with Gasteiger partial charge in [-0.3, -0.25) is 5.10 Å². The van der Waals surface area contributed by atoms with Crippen LogP contribution in [0.2, 0.25) is 0 Å². The Morgan fingerprint density at radius 1 is 1.18 bits per heavy atom. The van der Waals surface area contributed by atoms with Crippen molar-refractivity contribution >= 4 is 5.82 Å². The molecule has 90 valence electrons. The molecule has 1 heterocycles. The summed E-state index contributed by atoms with van der Waals surface area (Å²) in [5.74, 6) is 0.645. The number of hydrogen-bond donors (Lipinski definition) is 2. The molecule has 2 rings (SSSR count). The number of nitrogens with zero attached hydrogens (tertiary/aromatic N) is 1. The van der Waals surface area contributed by atoms with Gasteiger partial charge in [-0.1, -0.05) is 36.8 Å². The lowest BCUT2D eigenvalue weighted by molar-refractivity contribution is 0.878. The summed E-state index contributed by atoms with van der Waals surface area (Å²) in [5, 5.41) is 7.10. The first kappa shape index (κ1) is 11.7. The first-order chi connectivity index (χ1) is 8.20. The zero-order valence-electron chi connectivity index (χ0n) is 10.5. The van der Waals surface area contributed by atoms with Crippen LogP contribution in [0.4, 0.5) is 5.82 Å². The molecule has 2 aromatic rings. The minimum atomic E-state index is 0.645. The second-order valence-electron chi connectivity index (χ2n) is 4.41. The van der Waals surface area contributed by atoms with Crippen LogP contribution in [-0.2, 0) is 19.3 Å². The molecular weight excluding hydrogens is 210 g/mol. The molecule has 0 aliphatic carbocycles. The Hall–Kier alpha value is -1.77. The Morgan fingerprint density at radius 3 is 2.53 bits per heavy atom. The predicted octanol–water partition coefficient (Wildman–Crippen LogP) is 2.65. The molecule has 1 aromatic carbocycles. The van der Waals surface area contributed by atoms with Crippen molar-refractivity contribution in [2.24, 2.45) is 0 Å². The molecule has 3 nitrogen and oxygen atoms in total. The van der Waals surface area contributed by atoms with Crippen LogP contribution in [0.25, 0.3) is 0 Å². The second kappa shape index (κ2) is 5.04. The predicted molar refractivity (Wildman–Crippen MR) is 71.0 cm³/mol. The summed E-state index contributed by atoms with van der Waals surface area (Å²) < 4.78 is 0. The number of rotatable bonds is 4. The highest BCUT2D eigenvalue weighted by atomic mass is 15.2. The van der Waals surface area contributed by atoms with Crippen LogP contribution in [0.15, 0.2) is 24.3 Å². The summed E-state index contributed by atoms with van der Waals surface area (Å²) in [6.45, 7) is 4.21. The van der Waals surface area contributed by atoms with E-state index in [-0.39, 0.29) is 0 Å². The molecule has 0 fully saturated rings. The molecule has 0 amide bonds. The van der Waals surface area contributed by atoms with E-state index < -0.39 is 0 Å². The average Bonchev–Trinajstić information content (AvgIpc) is 2.69. The Labute approximate surface area is 102 Å². The van der Waals surface area contributed by atoms with Crippen LogP contribution < -0.4 is 5.73 Å². The molecule has 0 saturated carbocycles. The topological polar surface area (TPSA) is 54.7 Å². The van der Waals surface area contributed by atoms with Crippen molar-refractivity contribution < 1.29 is 0 Å². The number of aryl methyl sites for hydroxylation is 3. The van der Waals surface area contributed by atoms with Crippen LogP contribution >= 0.6 is 0 Å². The maximum atomic E-state index is 5.80. The summed E-state index contributed by atoms with van der Waals surface area (Å²) in [4.78, 5) is 0. The van der Waals surface area contributed by atoms with Gasteiger partial charge in [0.15, 0.2) is 0 Å². The van der Waals surface area contributed by atoms with Crippen molar-refractivity contribution in [1.29, 1.82) is 0 Å². The van der Waals surface area contributed by atoms with Gasteiger partial charge in [0.2, 0.25) is 0 Å². The number of nitrogens with one attached hydrogen (secondary N) is 1. The lowest BCUT2D eigenvalue weighted by Gasteiger charge is -2.03. The molecule has 0 atom stereocenters. The molecule has 0 saturated heterocycles. The standard InChI is InChI=1S/C14H19N3/c1-3-12-13(16-17-14(12)15)9-8-11-6-4-10(2)5-7-11/h4-7H,3,8-9H2,1-2H3,(H3,15,16,17). The molecule has 0 radical (unpaired) electrons. The van der Waals surface area contributed by atoms with Gasteiger partial charge in [-0.25, -0.2) is 0 Å². The zero-order chi connectivity index (χ0) is 12.3. The van der Waals surface area contributed by atoms with E-state index in [4.69, 9.17) is 5.73 Å². The Balaban J connectivity index is 2.04. The summed E-state index contributed by atoms with van der Waals surface area (Å²) >= 11 is 0. The Kier molecular flexibility index (Phi) is 3.47. The molecule has 0 bridgehead atoms. The quantitative estimate of drug-likeness (QED) is 0.846. The maximum absolute atomic E-state index is 5.80. The van der Waals surface area contributed by atoms with Crippen molar-refractivity contribution in [1.82, 2.24) is 10.2 Å². The second-order valence-corrected chi connectivity index (χ2v) is 4.41. The molecule has 0 unspecified atom stereocenters. The van der Waals surface area contributed by atoms with Crippen LogP contribution in [0.3, 0.4) is 0 Å². The van der Waals surface area contributed by atoms with Gasteiger partial charge < -0.3 is 5.73 Å². The van der Waals surface area contributed by atoms with Crippen molar-refractivity contribution in [3.63, 3.8) is 0 Å². The number of H-pyrrole nitrogens is 1. The van der Waals surface area contributed by atoms with Gasteiger partial charge in [0, 0.05) is 11.3 Å². The third kappa shape index (κ3) is 2.67. The maximum Gasteiger partial charge on any atom is 0.148 e. The van der Waals surface area contributed by atoms with E-state index in [2.05, 4.69) is 48.3 Å². The summed E-state index contributed by atoms with van der Waals surface area (Å²) in [7, 11) is 0. The Morgan fingerprint density at radius 2 is 1.88 bits per heavy atom. The number of nitrogens with two attached hydrogens (primary N) is 1. The van der Waals surface area contributed by atoms with E-state index in [0.717, 1.165) is 24.8 Å². The van der Waals surface area contributed by atoms with E-state index >= 15 is 0 Å². The fourth-order valence-electron chi connectivity index (χ4n) is 2.04. The zero-order valence-corrected chi connectivity index (χ0v) is 10.5. The lowest BCUT2D eigenvalue weighted by atomic mass is 10.0. The van der Waals surface area contributed by atoms with Gasteiger partial charge in [-0.15, -0.1) is 0 Å². The number of nitrogen functional groups attached to an aromatic ring is 1. The van der Waals surface area contributed by atoms with Crippen LogP contribution in [0, 0.1) is 6.92 Å². The van der Waals surface area contributed by atoms with Crippen molar-refractivity contribution in [2.75, 3.05) is 5.73 Å². The van der Waals surface area contributed by atoms with Gasteiger partial charge >= 0.3 is 0 Å². The third-order valence-corrected chi connectivity index (χ3v) is 3.12. The number of aromatic nitrogens is 2. The lowest BCUT2D eigenvalue weighted by Crippen LogP contribution is -1.97. The van der Waals surface area contributed by atoms with Gasteiger partial charge in [0.25, 0.3) is 0 Å². The molecule has 1 aromatic heterocycles. The van der Waals surface area contributed by atoms with Crippen molar-refractivity contribution in [2.45, 2.75) is 33.1 Å². The molecule has 3 N–H and O–H groups in total. The first-order valence-corrected chi connectivity index (χ1v) is 6.08. The number of hydrogen-bond acceptors (Lipinski definition) is 2. The van der Waals surface area contributed by atoms with E-state index in [1.165, 1.54) is 16.8 Å². The first-order valence-electron chi connectivity index (χ1n) is 6.08. The molecule has 17 heavy (non-hydrogen) atoms. The Bertz CT molecular complexity index is 483. The molecule has 0 aliphatic heterocycles. The van der Waals surface area contributed by atoms with Crippen LogP contribution in [-0.4, -0.2) is 10.2 Å². The number of anilines is 1. The minimum Gasteiger partial charge on any atom is -0.382 e. The summed E-state index contributed by atoms with van der Waals surface area (Å²) in [6.07, 6.45) is 2.93. The molecule has 3 heteroatoms. The van der Waals surface area contributed by atoms with Crippen molar-refractivity contribution in [3.8, 4) is 0 Å². The van der Waals surface area contributed by atoms with Crippen molar-refractivity contribution in [3.05, 3.63) is 46.6 Å². The minimum absolute atomic E-state index is 0.645. The van der Waals surface area contributed by atoms with Gasteiger partial charge in [0.1, 0.15) is 5.82 Å². The third-order valence-electron chi connectivity index (χ3n) is 3.12. The van der Waals surface area contributed by atoms with E-state index in [1.807, 2.05) is 0 Å². The highest BCUT2D eigenvalue weighted by molar-refractivity contribution is 5.42. The molecular formula is C14H19N3. The van der Waals surface area contributed by atoms with E-state index in [1.54, 1.807) is 0 Å². The highest BCUT2D eigenvalue weighted by Crippen LogP contribution is 2.16. The molecule has 0 spiro atoms.